The molecule has 16 heavy (non-hydrogen) atoms. The fraction of sp³-hybridized carbons (Fsp3) is 0.375. The lowest BCUT2D eigenvalue weighted by Crippen LogP contribution is -2.10. The van der Waals surface area contributed by atoms with Gasteiger partial charge in [-0.2, -0.15) is 13.2 Å². The summed E-state index contributed by atoms with van der Waals surface area (Å²) >= 11 is 8.12. The molecule has 0 aromatic carbocycles. The van der Waals surface area contributed by atoms with E-state index in [2.05, 4.69) is 20.9 Å². The van der Waals surface area contributed by atoms with Crippen LogP contribution in [-0.4, -0.2) is 4.98 Å². The van der Waals surface area contributed by atoms with Crippen LogP contribution in [0.2, 0.25) is 5.15 Å². The second-order valence-electron chi connectivity index (χ2n) is 2.79. The van der Waals surface area contributed by atoms with E-state index in [1.165, 1.54) is 0 Å². The molecule has 0 unspecified atom stereocenters. The fourth-order valence-corrected chi connectivity index (χ4v) is 1.75. The van der Waals surface area contributed by atoms with Crippen LogP contribution in [0.5, 0.6) is 0 Å². The van der Waals surface area contributed by atoms with Crippen LogP contribution in [0.4, 0.5) is 22.0 Å². The lowest BCUT2D eigenvalue weighted by Gasteiger charge is -2.12. The molecule has 90 valence electrons. The molecule has 0 spiro atoms. The molecule has 1 rings (SSSR count). The highest BCUT2D eigenvalue weighted by Gasteiger charge is 2.35. The van der Waals surface area contributed by atoms with Gasteiger partial charge in [0.25, 0.3) is 6.43 Å². The molecule has 0 aliphatic heterocycles. The van der Waals surface area contributed by atoms with Crippen LogP contribution in [0.1, 0.15) is 23.2 Å². The maximum atomic E-state index is 12.4. The Bertz CT molecular complexity index is 393. The van der Waals surface area contributed by atoms with Crippen LogP contribution in [0.3, 0.4) is 0 Å². The Labute approximate surface area is 101 Å². The third-order valence-electron chi connectivity index (χ3n) is 1.76. The number of alkyl halides is 6. The minimum Gasteiger partial charge on any atom is -0.239 e. The maximum absolute atomic E-state index is 12.4. The molecule has 0 N–H and O–H groups in total. The van der Waals surface area contributed by atoms with Gasteiger partial charge in [-0.25, -0.2) is 13.8 Å². The van der Waals surface area contributed by atoms with Gasteiger partial charge in [-0.05, 0) is 6.07 Å². The van der Waals surface area contributed by atoms with E-state index in [1.54, 1.807) is 0 Å². The molecule has 1 heterocycles. The first-order valence-corrected chi connectivity index (χ1v) is 5.38. The van der Waals surface area contributed by atoms with Crippen LogP contribution >= 0.6 is 27.5 Å². The van der Waals surface area contributed by atoms with Crippen molar-refractivity contribution in [3.63, 3.8) is 0 Å². The highest BCUT2D eigenvalue weighted by molar-refractivity contribution is 9.08. The smallest absolute Gasteiger partial charge is 0.239 e. The van der Waals surface area contributed by atoms with Crippen molar-refractivity contribution in [2.45, 2.75) is 17.9 Å². The molecule has 0 radical (unpaired) electrons. The zero-order chi connectivity index (χ0) is 12.5. The van der Waals surface area contributed by atoms with Crippen molar-refractivity contribution in [2.75, 3.05) is 0 Å². The summed E-state index contributed by atoms with van der Waals surface area (Å²) in [6, 6.07) is 0.330. The lowest BCUT2D eigenvalue weighted by atomic mass is 10.1. The van der Waals surface area contributed by atoms with E-state index in [-0.39, 0.29) is 11.0 Å². The molecule has 0 atom stereocenters. The third-order valence-corrected chi connectivity index (χ3v) is 2.57. The molecule has 8 heteroatoms. The van der Waals surface area contributed by atoms with Crippen LogP contribution < -0.4 is 0 Å². The van der Waals surface area contributed by atoms with E-state index in [0.29, 0.717) is 6.07 Å². The van der Waals surface area contributed by atoms with Gasteiger partial charge in [-0.15, -0.1) is 0 Å². The van der Waals surface area contributed by atoms with Gasteiger partial charge in [0, 0.05) is 10.9 Å². The van der Waals surface area contributed by atoms with E-state index in [0.717, 1.165) is 0 Å². The van der Waals surface area contributed by atoms with Crippen molar-refractivity contribution >= 4 is 27.5 Å². The van der Waals surface area contributed by atoms with E-state index in [1.807, 2.05) is 0 Å². The Kier molecular flexibility index (Phi) is 4.12. The molecule has 1 aromatic heterocycles. The Morgan fingerprint density at radius 1 is 1.38 bits per heavy atom. The minimum absolute atomic E-state index is 0.0927. The van der Waals surface area contributed by atoms with Gasteiger partial charge in [0.1, 0.15) is 5.15 Å². The number of aromatic nitrogens is 1. The molecule has 0 aliphatic carbocycles. The number of nitrogens with zero attached hydrogens (tertiary/aromatic N) is 1. The predicted octanol–water partition coefficient (Wildman–Crippen LogP) is 4.59. The van der Waals surface area contributed by atoms with E-state index >= 15 is 0 Å². The van der Waals surface area contributed by atoms with E-state index in [4.69, 9.17) is 11.6 Å². The van der Waals surface area contributed by atoms with Gasteiger partial charge in [-0.1, -0.05) is 27.5 Å². The van der Waals surface area contributed by atoms with Crippen LogP contribution in [0.15, 0.2) is 6.07 Å². The topological polar surface area (TPSA) is 12.9 Å². The second kappa shape index (κ2) is 4.83. The zero-order valence-electron chi connectivity index (χ0n) is 7.45. The molecular weight excluding hydrogens is 320 g/mol. The SMILES string of the molecule is FC(F)c1cc(C(F)(F)F)c(Cl)nc1CBr. The molecule has 0 amide bonds. The van der Waals surface area contributed by atoms with Gasteiger partial charge in [-0.3, -0.25) is 0 Å². The van der Waals surface area contributed by atoms with Crippen molar-refractivity contribution in [3.8, 4) is 0 Å². The van der Waals surface area contributed by atoms with Crippen LogP contribution in [-0.2, 0) is 11.5 Å². The van der Waals surface area contributed by atoms with Gasteiger partial charge < -0.3 is 0 Å². The van der Waals surface area contributed by atoms with Crippen molar-refractivity contribution < 1.29 is 22.0 Å². The van der Waals surface area contributed by atoms with Crippen molar-refractivity contribution in [2.24, 2.45) is 0 Å². The Balaban J connectivity index is 3.39. The highest BCUT2D eigenvalue weighted by atomic mass is 79.9. The largest absolute Gasteiger partial charge is 0.419 e. The zero-order valence-corrected chi connectivity index (χ0v) is 9.80. The summed E-state index contributed by atoms with van der Waals surface area (Å²) in [4.78, 5) is 3.30. The first-order chi connectivity index (χ1) is 7.27. The summed E-state index contributed by atoms with van der Waals surface area (Å²) < 4.78 is 61.9. The molecule has 0 saturated heterocycles. The molecule has 0 bridgehead atoms. The Hall–Kier alpha value is -0.430. The van der Waals surface area contributed by atoms with Crippen LogP contribution in [0, 0.1) is 0 Å². The van der Waals surface area contributed by atoms with Gasteiger partial charge in [0.05, 0.1) is 11.3 Å². The number of rotatable bonds is 2. The Morgan fingerprint density at radius 3 is 2.31 bits per heavy atom. The average Bonchev–Trinajstić information content (AvgIpc) is 2.14. The minimum atomic E-state index is -4.79. The van der Waals surface area contributed by atoms with E-state index in [9.17, 15) is 22.0 Å². The van der Waals surface area contributed by atoms with Crippen molar-refractivity contribution in [1.82, 2.24) is 4.98 Å². The molecular formula is C8H4BrClF5N. The number of hydrogen-bond acceptors (Lipinski definition) is 1. The van der Waals surface area contributed by atoms with Gasteiger partial charge in [0.15, 0.2) is 0 Å². The number of hydrogen-bond donors (Lipinski definition) is 0. The second-order valence-corrected chi connectivity index (χ2v) is 3.71. The fourth-order valence-electron chi connectivity index (χ4n) is 1.04. The summed E-state index contributed by atoms with van der Waals surface area (Å²) in [5.41, 5.74) is -2.32. The maximum Gasteiger partial charge on any atom is 0.419 e. The molecule has 1 aromatic rings. The average molecular weight is 324 g/mol. The number of halogens is 7. The third kappa shape index (κ3) is 2.82. The lowest BCUT2D eigenvalue weighted by molar-refractivity contribution is -0.137. The quantitative estimate of drug-likeness (QED) is 0.440. The first-order valence-electron chi connectivity index (χ1n) is 3.88. The summed E-state index contributed by atoms with van der Waals surface area (Å²) in [5, 5.41) is -0.920. The van der Waals surface area contributed by atoms with Crippen LogP contribution in [0.25, 0.3) is 0 Å². The summed E-state index contributed by atoms with van der Waals surface area (Å²) in [6.07, 6.45) is -7.82. The molecule has 0 saturated carbocycles. The number of pyridine rings is 1. The monoisotopic (exact) mass is 323 g/mol. The molecule has 0 fully saturated rings. The predicted molar refractivity (Wildman–Crippen MR) is 51.8 cm³/mol. The highest BCUT2D eigenvalue weighted by Crippen LogP contribution is 2.37. The van der Waals surface area contributed by atoms with Gasteiger partial charge in [0.2, 0.25) is 0 Å². The summed E-state index contributed by atoms with van der Waals surface area (Å²) in [5.74, 6) is 0. The van der Waals surface area contributed by atoms with Crippen molar-refractivity contribution in [1.29, 1.82) is 0 Å². The summed E-state index contributed by atoms with van der Waals surface area (Å²) in [7, 11) is 0. The van der Waals surface area contributed by atoms with Gasteiger partial charge >= 0.3 is 6.18 Å². The van der Waals surface area contributed by atoms with E-state index < -0.39 is 28.9 Å². The Morgan fingerprint density at radius 2 is 1.94 bits per heavy atom. The van der Waals surface area contributed by atoms with Crippen molar-refractivity contribution in [3.05, 3.63) is 28.0 Å². The normalized spacial score (nSPS) is 12.2. The molecule has 1 nitrogen and oxygen atoms in total. The standard InChI is InChI=1S/C8H4BrClF5N/c9-2-5-3(7(11)12)1-4(6(10)16-5)8(13,14)15/h1,7H,2H2. The summed E-state index contributed by atoms with van der Waals surface area (Å²) in [6.45, 7) is 0. The molecule has 0 aliphatic rings. The first kappa shape index (κ1) is 13.6.